The summed E-state index contributed by atoms with van der Waals surface area (Å²) < 4.78 is 0. The number of nitriles is 1. The smallest absolute Gasteiger partial charge is 0.153 e. The molecule has 1 aromatic heterocycles. The highest BCUT2D eigenvalue weighted by atomic mass is 15.0. The molecule has 0 aliphatic carbocycles. The number of pyridine rings is 1. The van der Waals surface area contributed by atoms with Crippen molar-refractivity contribution in [3.63, 3.8) is 0 Å². The van der Waals surface area contributed by atoms with E-state index in [1.54, 1.807) is 6.07 Å². The number of benzene rings is 1. The number of nitrogen functional groups attached to an aromatic ring is 1. The summed E-state index contributed by atoms with van der Waals surface area (Å²) in [6.45, 7) is 2.10. The van der Waals surface area contributed by atoms with Gasteiger partial charge in [0.15, 0.2) is 5.82 Å². The second-order valence-corrected chi connectivity index (χ2v) is 3.95. The van der Waals surface area contributed by atoms with Crippen molar-refractivity contribution in [3.8, 4) is 6.07 Å². The molecule has 0 radical (unpaired) electrons. The summed E-state index contributed by atoms with van der Waals surface area (Å²) in [6.07, 6.45) is 2.48. The normalized spacial score (nSPS) is 9.78. The predicted molar refractivity (Wildman–Crippen MR) is 72.5 cm³/mol. The molecule has 0 saturated carbocycles. The number of nitrogens with zero attached hydrogens (tertiary/aromatic N) is 2. The summed E-state index contributed by atoms with van der Waals surface area (Å²) in [5.41, 5.74) is 8.95. The minimum absolute atomic E-state index is 0.459. The van der Waals surface area contributed by atoms with Gasteiger partial charge in [-0.25, -0.2) is 4.98 Å². The first-order valence-electron chi connectivity index (χ1n) is 5.74. The quantitative estimate of drug-likeness (QED) is 0.862. The number of rotatable bonds is 3. The Morgan fingerprint density at radius 2 is 2.22 bits per heavy atom. The first-order chi connectivity index (χ1) is 8.72. The van der Waals surface area contributed by atoms with Crippen LogP contribution in [0.5, 0.6) is 0 Å². The molecule has 0 amide bonds. The Morgan fingerprint density at radius 1 is 1.39 bits per heavy atom. The molecule has 0 unspecified atom stereocenters. The molecule has 4 heteroatoms. The van der Waals surface area contributed by atoms with E-state index in [-0.39, 0.29) is 0 Å². The second kappa shape index (κ2) is 5.19. The molecule has 2 rings (SSSR count). The maximum absolute atomic E-state index is 8.75. The first-order valence-corrected chi connectivity index (χ1v) is 5.74. The Hall–Kier alpha value is -2.54. The summed E-state index contributed by atoms with van der Waals surface area (Å²) in [5, 5.41) is 11.9. The lowest BCUT2D eigenvalue weighted by Gasteiger charge is -2.09. The third-order valence-corrected chi connectivity index (χ3v) is 2.64. The van der Waals surface area contributed by atoms with Crippen LogP contribution in [-0.4, -0.2) is 4.98 Å². The lowest BCUT2D eigenvalue weighted by Crippen LogP contribution is -2.00. The highest BCUT2D eigenvalue weighted by Gasteiger charge is 2.03. The monoisotopic (exact) mass is 238 g/mol. The standard InChI is InChI=1S/C14H14N4/c1-2-10-4-3-5-12(6-10)18-14-13(16)7-11(8-15)9-17-14/h3-7,9H,2,16H2,1H3,(H,17,18). The van der Waals surface area contributed by atoms with Gasteiger partial charge in [0.2, 0.25) is 0 Å². The molecule has 18 heavy (non-hydrogen) atoms. The van der Waals surface area contributed by atoms with Gasteiger partial charge in [0, 0.05) is 11.9 Å². The third-order valence-electron chi connectivity index (χ3n) is 2.64. The van der Waals surface area contributed by atoms with E-state index in [9.17, 15) is 0 Å². The van der Waals surface area contributed by atoms with Crippen molar-refractivity contribution in [3.05, 3.63) is 47.7 Å². The molecule has 90 valence electrons. The Balaban J connectivity index is 2.26. The van der Waals surface area contributed by atoms with Crippen molar-refractivity contribution in [2.75, 3.05) is 11.1 Å². The molecule has 3 N–H and O–H groups in total. The van der Waals surface area contributed by atoms with Gasteiger partial charge in [-0.05, 0) is 30.2 Å². The summed E-state index contributed by atoms with van der Waals surface area (Å²) in [6, 6.07) is 11.7. The number of anilines is 3. The van der Waals surface area contributed by atoms with Crippen LogP contribution >= 0.6 is 0 Å². The van der Waals surface area contributed by atoms with Crippen LogP contribution in [0.15, 0.2) is 36.5 Å². The van der Waals surface area contributed by atoms with Crippen LogP contribution in [0.4, 0.5) is 17.2 Å². The van der Waals surface area contributed by atoms with Crippen LogP contribution in [0.3, 0.4) is 0 Å². The predicted octanol–water partition coefficient (Wildman–Crippen LogP) is 2.84. The highest BCUT2D eigenvalue weighted by Crippen LogP contribution is 2.22. The van der Waals surface area contributed by atoms with E-state index < -0.39 is 0 Å². The summed E-state index contributed by atoms with van der Waals surface area (Å²) >= 11 is 0. The molecule has 1 aromatic carbocycles. The van der Waals surface area contributed by atoms with Crippen LogP contribution in [0, 0.1) is 11.3 Å². The van der Waals surface area contributed by atoms with Crippen molar-refractivity contribution in [2.45, 2.75) is 13.3 Å². The van der Waals surface area contributed by atoms with Crippen LogP contribution in [0.1, 0.15) is 18.1 Å². The zero-order chi connectivity index (χ0) is 13.0. The Kier molecular flexibility index (Phi) is 3.44. The first kappa shape index (κ1) is 11.9. The highest BCUT2D eigenvalue weighted by molar-refractivity contribution is 5.69. The summed E-state index contributed by atoms with van der Waals surface area (Å²) in [7, 11) is 0. The molecular formula is C14H14N4. The Bertz CT molecular complexity index is 599. The van der Waals surface area contributed by atoms with E-state index in [1.165, 1.54) is 11.8 Å². The Labute approximate surface area is 106 Å². The maximum Gasteiger partial charge on any atom is 0.153 e. The van der Waals surface area contributed by atoms with E-state index in [0.29, 0.717) is 17.1 Å². The summed E-state index contributed by atoms with van der Waals surface area (Å²) in [5.74, 6) is 0.572. The van der Waals surface area contributed by atoms with E-state index in [2.05, 4.69) is 29.4 Å². The number of aromatic nitrogens is 1. The fourth-order valence-electron chi connectivity index (χ4n) is 1.65. The zero-order valence-corrected chi connectivity index (χ0v) is 10.1. The van der Waals surface area contributed by atoms with Gasteiger partial charge >= 0.3 is 0 Å². The second-order valence-electron chi connectivity index (χ2n) is 3.95. The fourth-order valence-corrected chi connectivity index (χ4v) is 1.65. The van der Waals surface area contributed by atoms with Crippen LogP contribution < -0.4 is 11.1 Å². The van der Waals surface area contributed by atoms with Crippen LogP contribution in [0.25, 0.3) is 0 Å². The van der Waals surface area contributed by atoms with Crippen molar-refractivity contribution in [1.82, 2.24) is 4.98 Å². The molecule has 2 aromatic rings. The number of nitrogens with one attached hydrogen (secondary N) is 1. The minimum Gasteiger partial charge on any atom is -0.396 e. The topological polar surface area (TPSA) is 74.7 Å². The van der Waals surface area contributed by atoms with Crippen molar-refractivity contribution >= 4 is 17.2 Å². The average molecular weight is 238 g/mol. The van der Waals surface area contributed by atoms with Crippen molar-refractivity contribution in [1.29, 1.82) is 5.26 Å². The molecule has 1 heterocycles. The molecule has 0 spiro atoms. The molecule has 0 fully saturated rings. The minimum atomic E-state index is 0.459. The number of aryl methyl sites for hydroxylation is 1. The van der Waals surface area contributed by atoms with Gasteiger partial charge in [0.1, 0.15) is 6.07 Å². The van der Waals surface area contributed by atoms with Gasteiger partial charge in [0.05, 0.1) is 11.3 Å². The molecule has 0 atom stereocenters. The van der Waals surface area contributed by atoms with Gasteiger partial charge in [-0.3, -0.25) is 0 Å². The average Bonchev–Trinajstić information content (AvgIpc) is 2.41. The van der Waals surface area contributed by atoms with Crippen LogP contribution in [-0.2, 0) is 6.42 Å². The van der Waals surface area contributed by atoms with Gasteiger partial charge in [-0.15, -0.1) is 0 Å². The number of nitrogens with two attached hydrogens (primary N) is 1. The van der Waals surface area contributed by atoms with Crippen molar-refractivity contribution < 1.29 is 0 Å². The van der Waals surface area contributed by atoms with Crippen LogP contribution in [0.2, 0.25) is 0 Å². The Morgan fingerprint density at radius 3 is 2.89 bits per heavy atom. The van der Waals surface area contributed by atoms with E-state index in [1.807, 2.05) is 18.2 Å². The van der Waals surface area contributed by atoms with Gasteiger partial charge in [-0.2, -0.15) is 5.26 Å². The molecule has 0 aliphatic rings. The van der Waals surface area contributed by atoms with E-state index >= 15 is 0 Å². The lowest BCUT2D eigenvalue weighted by molar-refractivity contribution is 1.14. The third kappa shape index (κ3) is 2.58. The van der Waals surface area contributed by atoms with Gasteiger partial charge in [0.25, 0.3) is 0 Å². The lowest BCUT2D eigenvalue weighted by atomic mass is 10.1. The molecule has 0 bridgehead atoms. The van der Waals surface area contributed by atoms with Crippen molar-refractivity contribution in [2.24, 2.45) is 0 Å². The zero-order valence-electron chi connectivity index (χ0n) is 10.1. The molecule has 0 aliphatic heterocycles. The maximum atomic E-state index is 8.75. The SMILES string of the molecule is CCc1cccc(Nc2ncc(C#N)cc2N)c1. The molecule has 0 saturated heterocycles. The molecular weight excluding hydrogens is 224 g/mol. The number of hydrogen-bond acceptors (Lipinski definition) is 4. The summed E-state index contributed by atoms with van der Waals surface area (Å²) in [4.78, 5) is 4.14. The fraction of sp³-hybridized carbons (Fsp3) is 0.143. The molecule has 4 nitrogen and oxygen atoms in total. The van der Waals surface area contributed by atoms with Gasteiger partial charge in [-0.1, -0.05) is 19.1 Å². The van der Waals surface area contributed by atoms with E-state index in [0.717, 1.165) is 12.1 Å². The van der Waals surface area contributed by atoms with E-state index in [4.69, 9.17) is 11.0 Å². The van der Waals surface area contributed by atoms with Gasteiger partial charge < -0.3 is 11.1 Å². The largest absolute Gasteiger partial charge is 0.396 e. The number of hydrogen-bond donors (Lipinski definition) is 2.